The van der Waals surface area contributed by atoms with Crippen LogP contribution in [0.5, 0.6) is 11.5 Å². The average Bonchev–Trinajstić information content (AvgIpc) is 2.72. The molecule has 3 aromatic rings. The highest BCUT2D eigenvalue weighted by molar-refractivity contribution is 5.86. The standard InChI is InChI=1S/C21H15N3O5/c22-9-14-17(11-5-7-12(8-6-11)27-10-16(23)25)18-19(29-20(14)24)13-3-1-2-4-15(13)28-21(18)26/h1-8,17H,10,24H2,(H2,23,25)/t17-/m1/s1. The highest BCUT2D eigenvalue weighted by Crippen LogP contribution is 2.43. The van der Waals surface area contributed by atoms with Crippen LogP contribution in [0.3, 0.4) is 0 Å². The molecular weight excluding hydrogens is 374 g/mol. The molecule has 1 aliphatic heterocycles. The maximum Gasteiger partial charge on any atom is 0.344 e. The molecule has 0 spiro atoms. The molecule has 29 heavy (non-hydrogen) atoms. The molecule has 2 aromatic carbocycles. The van der Waals surface area contributed by atoms with E-state index in [1.54, 1.807) is 48.5 Å². The van der Waals surface area contributed by atoms with Gasteiger partial charge in [-0.3, -0.25) is 4.79 Å². The van der Waals surface area contributed by atoms with Crippen molar-refractivity contribution in [3.05, 3.63) is 81.5 Å². The van der Waals surface area contributed by atoms with Crippen LogP contribution in [0.25, 0.3) is 11.0 Å². The van der Waals surface area contributed by atoms with E-state index in [9.17, 15) is 14.9 Å². The number of nitrogens with two attached hydrogens (primary N) is 2. The van der Waals surface area contributed by atoms with E-state index in [0.29, 0.717) is 22.3 Å². The van der Waals surface area contributed by atoms with Gasteiger partial charge in [0.15, 0.2) is 12.4 Å². The van der Waals surface area contributed by atoms with Gasteiger partial charge in [0.05, 0.1) is 16.9 Å². The van der Waals surface area contributed by atoms with E-state index in [4.69, 9.17) is 25.4 Å². The monoisotopic (exact) mass is 389 g/mol. The summed E-state index contributed by atoms with van der Waals surface area (Å²) in [6, 6.07) is 15.5. The van der Waals surface area contributed by atoms with Crippen molar-refractivity contribution in [1.82, 2.24) is 0 Å². The SMILES string of the molecule is N#CC1=C(N)Oc2c(c(=O)oc3ccccc23)[C@@H]1c1ccc(OCC(N)=O)cc1. The van der Waals surface area contributed by atoms with E-state index in [0.717, 1.165) is 0 Å². The van der Waals surface area contributed by atoms with Gasteiger partial charge < -0.3 is 25.4 Å². The lowest BCUT2D eigenvalue weighted by Gasteiger charge is -2.26. The van der Waals surface area contributed by atoms with Crippen LogP contribution in [-0.4, -0.2) is 12.5 Å². The van der Waals surface area contributed by atoms with E-state index in [2.05, 4.69) is 0 Å². The van der Waals surface area contributed by atoms with Crippen molar-refractivity contribution in [3.63, 3.8) is 0 Å². The molecule has 8 nitrogen and oxygen atoms in total. The lowest BCUT2D eigenvalue weighted by atomic mass is 9.84. The molecule has 0 saturated carbocycles. The van der Waals surface area contributed by atoms with Gasteiger partial charge >= 0.3 is 5.63 Å². The maximum absolute atomic E-state index is 12.8. The topological polar surface area (TPSA) is 142 Å². The van der Waals surface area contributed by atoms with Crippen LogP contribution in [0.4, 0.5) is 0 Å². The van der Waals surface area contributed by atoms with Crippen molar-refractivity contribution in [3.8, 4) is 17.6 Å². The molecule has 1 aromatic heterocycles. The molecular formula is C21H15N3O5. The predicted octanol–water partition coefficient (Wildman–Crippen LogP) is 1.88. The van der Waals surface area contributed by atoms with Crippen LogP contribution in [0.1, 0.15) is 17.0 Å². The highest BCUT2D eigenvalue weighted by Gasteiger charge is 2.35. The summed E-state index contributed by atoms with van der Waals surface area (Å²) in [6.45, 7) is -0.259. The third-order valence-corrected chi connectivity index (χ3v) is 4.57. The molecule has 0 aliphatic carbocycles. The molecule has 4 rings (SSSR count). The summed E-state index contributed by atoms with van der Waals surface area (Å²) < 4.78 is 16.4. The summed E-state index contributed by atoms with van der Waals surface area (Å²) >= 11 is 0. The minimum absolute atomic E-state index is 0.0743. The smallest absolute Gasteiger partial charge is 0.344 e. The number of fused-ring (bicyclic) bond motifs is 3. The number of allylic oxidation sites excluding steroid dienone is 1. The first-order valence-corrected chi connectivity index (χ1v) is 8.64. The van der Waals surface area contributed by atoms with Crippen LogP contribution in [0.15, 0.2) is 69.2 Å². The number of nitriles is 1. The number of ether oxygens (including phenoxy) is 2. The third-order valence-electron chi connectivity index (χ3n) is 4.57. The first kappa shape index (κ1) is 18.1. The minimum Gasteiger partial charge on any atom is -0.484 e. The predicted molar refractivity (Wildman–Crippen MR) is 103 cm³/mol. The number of primary amides is 1. The van der Waals surface area contributed by atoms with E-state index in [1.807, 2.05) is 6.07 Å². The Balaban J connectivity index is 1.87. The van der Waals surface area contributed by atoms with Crippen molar-refractivity contribution in [2.45, 2.75) is 5.92 Å². The second-order valence-corrected chi connectivity index (χ2v) is 6.38. The number of para-hydroxylation sites is 1. The fraction of sp³-hybridized carbons (Fsp3) is 0.0952. The summed E-state index contributed by atoms with van der Waals surface area (Å²) in [5, 5.41) is 10.2. The molecule has 0 saturated heterocycles. The van der Waals surface area contributed by atoms with Gasteiger partial charge in [-0.15, -0.1) is 0 Å². The second-order valence-electron chi connectivity index (χ2n) is 6.38. The van der Waals surface area contributed by atoms with Crippen molar-refractivity contribution >= 4 is 16.9 Å². The van der Waals surface area contributed by atoms with Gasteiger partial charge in [0.2, 0.25) is 5.88 Å². The van der Waals surface area contributed by atoms with Gasteiger partial charge in [-0.1, -0.05) is 24.3 Å². The number of nitrogens with zero attached hydrogens (tertiary/aromatic N) is 1. The van der Waals surface area contributed by atoms with Gasteiger partial charge in [0.1, 0.15) is 23.0 Å². The van der Waals surface area contributed by atoms with Gasteiger partial charge in [-0.25, -0.2) is 4.79 Å². The molecule has 0 radical (unpaired) electrons. The number of carbonyl (C=O) groups is 1. The molecule has 144 valence electrons. The normalized spacial score (nSPS) is 15.3. The zero-order valence-corrected chi connectivity index (χ0v) is 15.0. The van der Waals surface area contributed by atoms with Crippen molar-refractivity contribution in [1.29, 1.82) is 5.26 Å². The second kappa shape index (κ2) is 7.05. The molecule has 1 amide bonds. The molecule has 1 atom stereocenters. The largest absolute Gasteiger partial charge is 0.484 e. The summed E-state index contributed by atoms with van der Waals surface area (Å²) in [4.78, 5) is 23.6. The molecule has 0 fully saturated rings. The lowest BCUT2D eigenvalue weighted by Crippen LogP contribution is -2.26. The van der Waals surface area contributed by atoms with Crippen LogP contribution in [0, 0.1) is 11.3 Å². The number of rotatable bonds is 4. The first-order valence-electron chi connectivity index (χ1n) is 8.64. The molecule has 8 heteroatoms. The van der Waals surface area contributed by atoms with Gasteiger partial charge in [-0.05, 0) is 29.8 Å². The van der Waals surface area contributed by atoms with Crippen LogP contribution >= 0.6 is 0 Å². The maximum atomic E-state index is 12.8. The number of amides is 1. The Hall–Kier alpha value is -4.25. The Morgan fingerprint density at radius 1 is 1.17 bits per heavy atom. The zero-order chi connectivity index (χ0) is 20.5. The minimum atomic E-state index is -0.769. The molecule has 4 N–H and O–H groups in total. The van der Waals surface area contributed by atoms with Crippen molar-refractivity contribution in [2.75, 3.05) is 6.61 Å². The lowest BCUT2D eigenvalue weighted by molar-refractivity contribution is -0.119. The van der Waals surface area contributed by atoms with Gasteiger partial charge in [0.25, 0.3) is 5.91 Å². The van der Waals surface area contributed by atoms with Crippen LogP contribution in [-0.2, 0) is 4.79 Å². The molecule has 1 aliphatic rings. The van der Waals surface area contributed by atoms with Crippen molar-refractivity contribution < 1.29 is 18.7 Å². The van der Waals surface area contributed by atoms with Crippen LogP contribution in [0.2, 0.25) is 0 Å². The van der Waals surface area contributed by atoms with E-state index in [1.165, 1.54) is 0 Å². The molecule has 2 heterocycles. The Labute approximate surface area is 164 Å². The van der Waals surface area contributed by atoms with Crippen molar-refractivity contribution in [2.24, 2.45) is 11.5 Å². The third kappa shape index (κ3) is 3.15. The number of carbonyl (C=O) groups excluding carboxylic acids is 1. The molecule has 0 bridgehead atoms. The summed E-state index contributed by atoms with van der Waals surface area (Å²) in [6.07, 6.45) is 0. The fourth-order valence-electron chi connectivity index (χ4n) is 3.31. The quantitative estimate of drug-likeness (QED) is 0.649. The summed E-state index contributed by atoms with van der Waals surface area (Å²) in [5.74, 6) is -0.753. The Kier molecular flexibility index (Phi) is 4.41. The van der Waals surface area contributed by atoms with E-state index < -0.39 is 17.5 Å². The Morgan fingerprint density at radius 3 is 2.59 bits per heavy atom. The van der Waals surface area contributed by atoms with Gasteiger partial charge in [-0.2, -0.15) is 5.26 Å². The van der Waals surface area contributed by atoms with Gasteiger partial charge in [0, 0.05) is 0 Å². The number of hydrogen-bond donors (Lipinski definition) is 2. The van der Waals surface area contributed by atoms with E-state index >= 15 is 0 Å². The fourth-order valence-corrected chi connectivity index (χ4v) is 3.31. The summed E-state index contributed by atoms with van der Waals surface area (Å²) in [7, 11) is 0. The number of hydrogen-bond acceptors (Lipinski definition) is 7. The van der Waals surface area contributed by atoms with E-state index in [-0.39, 0.29) is 29.4 Å². The Morgan fingerprint density at radius 2 is 1.90 bits per heavy atom. The molecule has 0 unspecified atom stereocenters. The first-order chi connectivity index (χ1) is 14.0. The average molecular weight is 389 g/mol. The highest BCUT2D eigenvalue weighted by atomic mass is 16.5. The van der Waals surface area contributed by atoms with Crippen LogP contribution < -0.4 is 26.6 Å². The number of benzene rings is 2. The Bertz CT molecular complexity index is 1250. The summed E-state index contributed by atoms with van der Waals surface area (Å²) in [5.41, 5.74) is 11.7. The zero-order valence-electron chi connectivity index (χ0n) is 15.0.